The van der Waals surface area contributed by atoms with E-state index < -0.39 is 0 Å². The quantitative estimate of drug-likeness (QED) is 0.463. The average Bonchev–Trinajstić information content (AvgIpc) is 3.04. The largest absolute Gasteiger partial charge is 0.369 e. The number of hydrogen-bond acceptors (Lipinski definition) is 4. The molecule has 1 N–H and O–H groups in total. The maximum atomic E-state index is 5.95. The Bertz CT molecular complexity index is 1030. The van der Waals surface area contributed by atoms with Gasteiger partial charge in [0.25, 0.3) is 0 Å². The van der Waals surface area contributed by atoms with Gasteiger partial charge >= 0.3 is 0 Å². The van der Waals surface area contributed by atoms with E-state index in [1.807, 2.05) is 42.5 Å². The van der Waals surface area contributed by atoms with E-state index in [1.54, 1.807) is 11.3 Å². The fourth-order valence-corrected chi connectivity index (χ4v) is 3.87. The number of anilines is 1. The van der Waals surface area contributed by atoms with E-state index in [0.29, 0.717) is 0 Å². The van der Waals surface area contributed by atoms with E-state index in [4.69, 9.17) is 21.6 Å². The van der Waals surface area contributed by atoms with Crippen LogP contribution in [0.2, 0.25) is 5.02 Å². The topological polar surface area (TPSA) is 37.8 Å². The van der Waals surface area contributed by atoms with Crippen LogP contribution < -0.4 is 5.32 Å². The van der Waals surface area contributed by atoms with Gasteiger partial charge in [-0.05, 0) is 37.1 Å². The Kier molecular flexibility index (Phi) is 4.87. The first-order valence-corrected chi connectivity index (χ1v) is 9.70. The van der Waals surface area contributed by atoms with E-state index >= 15 is 0 Å². The van der Waals surface area contributed by atoms with Gasteiger partial charge in [0.15, 0.2) is 5.82 Å². The van der Waals surface area contributed by atoms with Gasteiger partial charge in [-0.2, -0.15) is 0 Å². The number of aryl methyl sites for hydroxylation is 1. The van der Waals surface area contributed by atoms with Gasteiger partial charge in [-0.1, -0.05) is 54.1 Å². The lowest BCUT2D eigenvalue weighted by atomic mass is 10.1. The van der Waals surface area contributed by atoms with Crippen molar-refractivity contribution in [3.8, 4) is 11.4 Å². The zero-order valence-corrected chi connectivity index (χ0v) is 15.9. The highest BCUT2D eigenvalue weighted by molar-refractivity contribution is 7.18. The molecule has 0 aliphatic rings. The molecular weight excluding hydrogens is 362 g/mol. The molecule has 0 bridgehead atoms. The molecule has 4 aromatic rings. The molecule has 0 unspecified atom stereocenters. The first-order valence-electron chi connectivity index (χ1n) is 8.51. The molecule has 2 heterocycles. The van der Waals surface area contributed by atoms with Gasteiger partial charge in [0.2, 0.25) is 0 Å². The number of nitrogens with zero attached hydrogens (tertiary/aromatic N) is 2. The van der Waals surface area contributed by atoms with Crippen LogP contribution in [-0.2, 0) is 6.42 Å². The van der Waals surface area contributed by atoms with Gasteiger partial charge in [-0.15, -0.1) is 11.3 Å². The number of fused-ring (bicyclic) bond motifs is 1. The van der Waals surface area contributed by atoms with Crippen LogP contribution in [0.3, 0.4) is 0 Å². The first kappa shape index (κ1) is 17.0. The summed E-state index contributed by atoms with van der Waals surface area (Å²) < 4.78 is 0. The second-order valence-electron chi connectivity index (χ2n) is 6.14. The number of halogens is 1. The minimum Gasteiger partial charge on any atom is -0.369 e. The van der Waals surface area contributed by atoms with Crippen LogP contribution in [-0.4, -0.2) is 16.5 Å². The normalized spacial score (nSPS) is 11.0. The maximum Gasteiger partial charge on any atom is 0.163 e. The summed E-state index contributed by atoms with van der Waals surface area (Å²) in [6.07, 6.45) is 0.909. The monoisotopic (exact) mass is 379 g/mol. The van der Waals surface area contributed by atoms with Gasteiger partial charge in [-0.3, -0.25) is 0 Å². The number of hydrogen-bond donors (Lipinski definition) is 1. The van der Waals surface area contributed by atoms with Crippen molar-refractivity contribution in [1.29, 1.82) is 0 Å². The van der Waals surface area contributed by atoms with Crippen LogP contribution in [0.15, 0.2) is 60.7 Å². The summed E-state index contributed by atoms with van der Waals surface area (Å²) in [5, 5.41) is 5.35. The highest BCUT2D eigenvalue weighted by Gasteiger charge is 2.11. The fourth-order valence-electron chi connectivity index (χ4n) is 2.87. The van der Waals surface area contributed by atoms with Crippen molar-refractivity contribution < 1.29 is 0 Å². The van der Waals surface area contributed by atoms with Gasteiger partial charge in [0.1, 0.15) is 10.6 Å². The molecule has 5 heteroatoms. The van der Waals surface area contributed by atoms with Crippen LogP contribution in [0.1, 0.15) is 10.4 Å². The van der Waals surface area contributed by atoms with Gasteiger partial charge in [0, 0.05) is 22.0 Å². The predicted molar refractivity (Wildman–Crippen MR) is 111 cm³/mol. The zero-order chi connectivity index (χ0) is 17.9. The Morgan fingerprint density at radius 1 is 1.00 bits per heavy atom. The number of rotatable bonds is 5. The van der Waals surface area contributed by atoms with Crippen molar-refractivity contribution in [1.82, 2.24) is 9.97 Å². The lowest BCUT2D eigenvalue weighted by Gasteiger charge is -2.09. The molecule has 3 nitrogen and oxygen atoms in total. The summed E-state index contributed by atoms with van der Waals surface area (Å²) in [5.41, 5.74) is 2.28. The molecule has 2 aromatic heterocycles. The SMILES string of the molecule is Cc1cc2c(NCCc3ccc(Cl)cc3)nc(-c3ccccc3)nc2s1. The molecule has 130 valence electrons. The second-order valence-corrected chi connectivity index (χ2v) is 7.81. The van der Waals surface area contributed by atoms with Crippen molar-refractivity contribution in [3.05, 3.63) is 76.1 Å². The van der Waals surface area contributed by atoms with E-state index in [2.05, 4.69) is 30.4 Å². The molecule has 0 saturated heterocycles. The third kappa shape index (κ3) is 3.71. The smallest absolute Gasteiger partial charge is 0.163 e. The van der Waals surface area contributed by atoms with Crippen LogP contribution in [0.4, 0.5) is 5.82 Å². The van der Waals surface area contributed by atoms with Crippen molar-refractivity contribution in [2.75, 3.05) is 11.9 Å². The summed E-state index contributed by atoms with van der Waals surface area (Å²) in [6.45, 7) is 2.91. The third-order valence-corrected chi connectivity index (χ3v) is 5.36. The summed E-state index contributed by atoms with van der Waals surface area (Å²) in [5.74, 6) is 1.65. The zero-order valence-electron chi connectivity index (χ0n) is 14.4. The number of aromatic nitrogens is 2. The Hall–Kier alpha value is -2.43. The van der Waals surface area contributed by atoms with Crippen LogP contribution >= 0.6 is 22.9 Å². The third-order valence-electron chi connectivity index (χ3n) is 4.17. The Morgan fingerprint density at radius 2 is 1.77 bits per heavy atom. The molecule has 0 spiro atoms. The summed E-state index contributed by atoms with van der Waals surface area (Å²) in [4.78, 5) is 11.8. The predicted octanol–water partition coefficient (Wildman–Crippen LogP) is 5.97. The van der Waals surface area contributed by atoms with Gasteiger partial charge in [-0.25, -0.2) is 9.97 Å². The Labute approximate surface area is 161 Å². The standard InChI is InChI=1S/C21H18ClN3S/c1-14-13-18-20(23-12-11-15-7-9-17(22)10-8-15)24-19(25-21(18)26-14)16-5-3-2-4-6-16/h2-10,13H,11-12H2,1H3,(H,23,24,25). The van der Waals surface area contributed by atoms with E-state index in [0.717, 1.165) is 45.4 Å². The molecule has 0 fully saturated rings. The summed E-state index contributed by atoms with van der Waals surface area (Å²) in [7, 11) is 0. The molecular formula is C21H18ClN3S. The van der Waals surface area contributed by atoms with Crippen molar-refractivity contribution in [3.63, 3.8) is 0 Å². The molecule has 26 heavy (non-hydrogen) atoms. The minimum absolute atomic E-state index is 0.758. The van der Waals surface area contributed by atoms with Crippen molar-refractivity contribution in [2.45, 2.75) is 13.3 Å². The average molecular weight is 380 g/mol. The molecule has 2 aromatic carbocycles. The number of thiophene rings is 1. The van der Waals surface area contributed by atoms with Crippen LogP contribution in [0.25, 0.3) is 21.6 Å². The van der Waals surface area contributed by atoms with Crippen molar-refractivity contribution in [2.24, 2.45) is 0 Å². The summed E-state index contributed by atoms with van der Waals surface area (Å²) in [6, 6.07) is 20.2. The minimum atomic E-state index is 0.758. The molecule has 0 radical (unpaired) electrons. The fraction of sp³-hybridized carbons (Fsp3) is 0.143. The lowest BCUT2D eigenvalue weighted by Crippen LogP contribution is -2.07. The van der Waals surface area contributed by atoms with Gasteiger partial charge < -0.3 is 5.32 Å². The first-order chi connectivity index (χ1) is 12.7. The lowest BCUT2D eigenvalue weighted by molar-refractivity contribution is 1.01. The molecule has 0 aliphatic carbocycles. The van der Waals surface area contributed by atoms with Crippen molar-refractivity contribution >= 4 is 39.0 Å². The molecule has 0 atom stereocenters. The van der Waals surface area contributed by atoms with Gasteiger partial charge in [0.05, 0.1) is 5.39 Å². The molecule has 0 aliphatic heterocycles. The molecule has 0 amide bonds. The Balaban J connectivity index is 1.61. The number of nitrogens with one attached hydrogen (secondary N) is 1. The van der Waals surface area contributed by atoms with Crippen LogP contribution in [0.5, 0.6) is 0 Å². The highest BCUT2D eigenvalue weighted by atomic mass is 35.5. The summed E-state index contributed by atoms with van der Waals surface area (Å²) >= 11 is 7.65. The highest BCUT2D eigenvalue weighted by Crippen LogP contribution is 2.31. The number of benzene rings is 2. The van der Waals surface area contributed by atoms with E-state index in [1.165, 1.54) is 10.4 Å². The maximum absolute atomic E-state index is 5.95. The second kappa shape index (κ2) is 7.44. The van der Waals surface area contributed by atoms with Crippen LogP contribution in [0, 0.1) is 6.92 Å². The van der Waals surface area contributed by atoms with E-state index in [9.17, 15) is 0 Å². The molecule has 4 rings (SSSR count). The Morgan fingerprint density at radius 3 is 2.54 bits per heavy atom. The van der Waals surface area contributed by atoms with E-state index in [-0.39, 0.29) is 0 Å². The molecule has 0 saturated carbocycles.